The van der Waals surface area contributed by atoms with Gasteiger partial charge in [-0.05, 0) is 36.8 Å². The summed E-state index contributed by atoms with van der Waals surface area (Å²) in [5.74, 6) is 0. The Morgan fingerprint density at radius 2 is 1.14 bits per heavy atom. The number of benzene rings is 1. The van der Waals surface area contributed by atoms with Crippen molar-refractivity contribution in [3.63, 3.8) is 0 Å². The minimum absolute atomic E-state index is 0.630. The minimum atomic E-state index is -0.630. The molecule has 0 aromatic heterocycles. The third-order valence-corrected chi connectivity index (χ3v) is 3.38. The lowest BCUT2D eigenvalue weighted by Crippen LogP contribution is -2.15. The van der Waals surface area contributed by atoms with E-state index in [4.69, 9.17) is 0 Å². The topological polar surface area (TPSA) is 40.5 Å². The summed E-state index contributed by atoms with van der Waals surface area (Å²) in [6, 6.07) is 7.75. The van der Waals surface area contributed by atoms with Crippen LogP contribution in [0.2, 0.25) is 0 Å². The Labute approximate surface area is 83.2 Å². The van der Waals surface area contributed by atoms with Crippen LogP contribution in [0.25, 0.3) is 0 Å². The average Bonchev–Trinajstić information content (AvgIpc) is 3.08. The zero-order chi connectivity index (χ0) is 9.81. The van der Waals surface area contributed by atoms with Crippen LogP contribution in [-0.4, -0.2) is 10.2 Å². The lowest BCUT2D eigenvalue weighted by atomic mass is 9.95. The molecule has 2 aliphatic carbocycles. The first-order valence-corrected chi connectivity index (χ1v) is 5.19. The van der Waals surface area contributed by atoms with E-state index in [1.807, 2.05) is 24.3 Å². The van der Waals surface area contributed by atoms with Crippen molar-refractivity contribution in [2.45, 2.75) is 36.9 Å². The van der Waals surface area contributed by atoms with Crippen molar-refractivity contribution in [1.29, 1.82) is 0 Å². The molecule has 0 amide bonds. The summed E-state index contributed by atoms with van der Waals surface area (Å²) in [4.78, 5) is 0. The maximum absolute atomic E-state index is 10.1. The molecular weight excluding hydrogens is 176 g/mol. The Balaban J connectivity index is 2.10. The second-order valence-electron chi connectivity index (χ2n) is 4.61. The predicted molar refractivity (Wildman–Crippen MR) is 52.7 cm³/mol. The fraction of sp³-hybridized carbons (Fsp3) is 0.500. The molecule has 1 aromatic rings. The molecule has 2 aliphatic rings. The van der Waals surface area contributed by atoms with Crippen molar-refractivity contribution < 1.29 is 10.2 Å². The quantitative estimate of drug-likeness (QED) is 0.744. The van der Waals surface area contributed by atoms with E-state index in [2.05, 4.69) is 0 Å². The van der Waals surface area contributed by atoms with Crippen LogP contribution >= 0.6 is 0 Å². The molecule has 2 heteroatoms. The van der Waals surface area contributed by atoms with Gasteiger partial charge in [-0.15, -0.1) is 0 Å². The standard InChI is InChI=1S/C12H14O2/c13-11(5-6-11)9-3-1-2-4-10(9)12(14)7-8-12/h1-4,13-14H,5-8H2. The molecule has 2 N–H and O–H groups in total. The van der Waals surface area contributed by atoms with Gasteiger partial charge in [0.15, 0.2) is 0 Å². The molecule has 3 rings (SSSR count). The summed E-state index contributed by atoms with van der Waals surface area (Å²) >= 11 is 0. The molecule has 0 radical (unpaired) electrons. The molecule has 2 fully saturated rings. The first-order chi connectivity index (χ1) is 6.64. The molecule has 0 saturated heterocycles. The largest absolute Gasteiger partial charge is 0.385 e. The third kappa shape index (κ3) is 1.11. The Hall–Kier alpha value is -0.860. The lowest BCUT2D eigenvalue weighted by Gasteiger charge is -2.17. The van der Waals surface area contributed by atoms with E-state index in [1.54, 1.807) is 0 Å². The fourth-order valence-corrected chi connectivity index (χ4v) is 2.07. The number of rotatable bonds is 2. The van der Waals surface area contributed by atoms with E-state index < -0.39 is 11.2 Å². The van der Waals surface area contributed by atoms with Gasteiger partial charge in [0.25, 0.3) is 0 Å². The van der Waals surface area contributed by atoms with Crippen molar-refractivity contribution >= 4 is 0 Å². The molecule has 14 heavy (non-hydrogen) atoms. The maximum Gasteiger partial charge on any atom is 0.0902 e. The first-order valence-electron chi connectivity index (χ1n) is 5.19. The molecule has 2 nitrogen and oxygen atoms in total. The van der Waals surface area contributed by atoms with Crippen LogP contribution in [0.1, 0.15) is 36.8 Å². The van der Waals surface area contributed by atoms with Gasteiger partial charge in [-0.3, -0.25) is 0 Å². The zero-order valence-corrected chi connectivity index (χ0v) is 8.03. The van der Waals surface area contributed by atoms with Gasteiger partial charge in [0.2, 0.25) is 0 Å². The van der Waals surface area contributed by atoms with Gasteiger partial charge in [-0.2, -0.15) is 0 Å². The molecule has 0 bridgehead atoms. The Morgan fingerprint density at radius 3 is 1.43 bits per heavy atom. The van der Waals surface area contributed by atoms with Crippen LogP contribution in [0, 0.1) is 0 Å². The maximum atomic E-state index is 10.1. The van der Waals surface area contributed by atoms with Crippen LogP contribution in [0.3, 0.4) is 0 Å². The summed E-state index contributed by atoms with van der Waals surface area (Å²) in [7, 11) is 0. The SMILES string of the molecule is OC1(c2ccccc2C2(O)CC2)CC1. The van der Waals surface area contributed by atoms with Gasteiger partial charge >= 0.3 is 0 Å². The summed E-state index contributed by atoms with van der Waals surface area (Å²) in [6.45, 7) is 0. The van der Waals surface area contributed by atoms with Gasteiger partial charge < -0.3 is 10.2 Å². The first kappa shape index (κ1) is 8.45. The number of aliphatic hydroxyl groups is 2. The Bertz CT molecular complexity index is 339. The van der Waals surface area contributed by atoms with Crippen molar-refractivity contribution in [3.05, 3.63) is 35.4 Å². The van der Waals surface area contributed by atoms with E-state index in [1.165, 1.54) is 0 Å². The number of hydrogen-bond donors (Lipinski definition) is 2. The molecule has 1 aromatic carbocycles. The zero-order valence-electron chi connectivity index (χ0n) is 8.03. The van der Waals surface area contributed by atoms with Crippen LogP contribution in [0.15, 0.2) is 24.3 Å². The minimum Gasteiger partial charge on any atom is -0.385 e. The van der Waals surface area contributed by atoms with Crippen LogP contribution in [0.5, 0.6) is 0 Å². The van der Waals surface area contributed by atoms with Crippen LogP contribution in [0.4, 0.5) is 0 Å². The third-order valence-electron chi connectivity index (χ3n) is 3.38. The summed E-state index contributed by atoms with van der Waals surface area (Å²) < 4.78 is 0. The highest BCUT2D eigenvalue weighted by atomic mass is 16.3. The second-order valence-corrected chi connectivity index (χ2v) is 4.61. The van der Waals surface area contributed by atoms with E-state index in [0.29, 0.717) is 0 Å². The monoisotopic (exact) mass is 190 g/mol. The van der Waals surface area contributed by atoms with Crippen LogP contribution < -0.4 is 0 Å². The van der Waals surface area contributed by atoms with Crippen molar-refractivity contribution in [2.75, 3.05) is 0 Å². The molecule has 0 spiro atoms. The normalized spacial score (nSPS) is 25.9. The highest BCUT2D eigenvalue weighted by Crippen LogP contribution is 2.53. The molecule has 0 unspecified atom stereocenters. The Kier molecular flexibility index (Phi) is 1.44. The molecule has 74 valence electrons. The van der Waals surface area contributed by atoms with Gasteiger partial charge in [0, 0.05) is 0 Å². The van der Waals surface area contributed by atoms with Gasteiger partial charge in [-0.25, -0.2) is 0 Å². The number of hydrogen-bond acceptors (Lipinski definition) is 2. The van der Waals surface area contributed by atoms with Gasteiger partial charge in [-0.1, -0.05) is 24.3 Å². The predicted octanol–water partition coefficient (Wildman–Crippen LogP) is 1.65. The average molecular weight is 190 g/mol. The summed E-state index contributed by atoms with van der Waals surface area (Å²) in [6.07, 6.45) is 3.33. The fourth-order valence-electron chi connectivity index (χ4n) is 2.07. The molecule has 0 aliphatic heterocycles. The van der Waals surface area contributed by atoms with E-state index in [9.17, 15) is 10.2 Å². The lowest BCUT2D eigenvalue weighted by molar-refractivity contribution is 0.126. The molecule has 0 heterocycles. The summed E-state index contributed by atoms with van der Waals surface area (Å²) in [5.41, 5.74) is 0.629. The Morgan fingerprint density at radius 1 is 0.786 bits per heavy atom. The molecule has 0 atom stereocenters. The van der Waals surface area contributed by atoms with E-state index >= 15 is 0 Å². The van der Waals surface area contributed by atoms with Crippen molar-refractivity contribution in [3.8, 4) is 0 Å². The highest BCUT2D eigenvalue weighted by Gasteiger charge is 2.50. The summed E-state index contributed by atoms with van der Waals surface area (Å²) in [5, 5.41) is 20.1. The van der Waals surface area contributed by atoms with Crippen molar-refractivity contribution in [2.24, 2.45) is 0 Å². The second kappa shape index (κ2) is 2.38. The highest BCUT2D eigenvalue weighted by molar-refractivity contribution is 5.41. The smallest absolute Gasteiger partial charge is 0.0902 e. The van der Waals surface area contributed by atoms with E-state index in [0.717, 1.165) is 36.8 Å². The van der Waals surface area contributed by atoms with Gasteiger partial charge in [0.05, 0.1) is 11.2 Å². The molecule has 2 saturated carbocycles. The molecular formula is C12H14O2. The van der Waals surface area contributed by atoms with Crippen LogP contribution in [-0.2, 0) is 11.2 Å². The van der Waals surface area contributed by atoms with Gasteiger partial charge in [0.1, 0.15) is 0 Å². The van der Waals surface area contributed by atoms with E-state index in [-0.39, 0.29) is 0 Å². The van der Waals surface area contributed by atoms with Crippen molar-refractivity contribution in [1.82, 2.24) is 0 Å².